The van der Waals surface area contributed by atoms with E-state index in [9.17, 15) is 0 Å². The fourth-order valence-electron chi connectivity index (χ4n) is 8.38. The Bertz CT molecular complexity index is 813. The molecule has 0 aliphatic heterocycles. The highest BCUT2D eigenvalue weighted by atomic mass is 14.9. The summed E-state index contributed by atoms with van der Waals surface area (Å²) in [5.74, 6) is 0. The minimum absolute atomic E-state index is 1.21. The Labute approximate surface area is 330 Å². The summed E-state index contributed by atoms with van der Waals surface area (Å²) >= 11 is 0. The van der Waals surface area contributed by atoms with Crippen LogP contribution in [0.2, 0.25) is 0 Å². The summed E-state index contributed by atoms with van der Waals surface area (Å²) in [6, 6.07) is 2.52. The van der Waals surface area contributed by atoms with Gasteiger partial charge in [-0.3, -0.25) is 0 Å². The highest BCUT2D eigenvalue weighted by molar-refractivity contribution is 5.21. The van der Waals surface area contributed by atoms with Crippen LogP contribution in [-0.2, 0) is 19.4 Å². The predicted octanol–water partition coefficient (Wildman–Crippen LogP) is 17.7. The number of hydrogen-bond acceptors (Lipinski definition) is 0. The number of aromatic nitrogens is 1. The Hall–Kier alpha value is -0.850. The summed E-state index contributed by atoms with van der Waals surface area (Å²) in [6.45, 7) is 8.16. The summed E-state index contributed by atoms with van der Waals surface area (Å²) in [6.07, 6.45) is 65.3. The van der Waals surface area contributed by atoms with Gasteiger partial charge in [0.05, 0.1) is 0 Å². The van der Waals surface area contributed by atoms with Crippen molar-refractivity contribution in [2.45, 2.75) is 297 Å². The van der Waals surface area contributed by atoms with Crippen LogP contribution >= 0.6 is 0 Å². The van der Waals surface area contributed by atoms with Crippen molar-refractivity contribution >= 4 is 0 Å². The van der Waals surface area contributed by atoms with Gasteiger partial charge in [0.1, 0.15) is 6.54 Å². The molecule has 0 amide bonds. The smallest absolute Gasteiger partial charge is 0.172 e. The monoisotopic (exact) mass is 725 g/mol. The number of rotatable bonds is 43. The van der Waals surface area contributed by atoms with Crippen LogP contribution in [0.15, 0.2) is 18.5 Å². The van der Waals surface area contributed by atoms with Crippen molar-refractivity contribution in [1.29, 1.82) is 0 Å². The van der Waals surface area contributed by atoms with Crippen LogP contribution in [0.25, 0.3) is 0 Å². The largest absolute Gasteiger partial charge is 0.205 e. The molecular formula is C51H98N+. The molecule has 1 nitrogen and oxygen atoms in total. The average molecular weight is 725 g/mol. The first-order valence-corrected chi connectivity index (χ1v) is 24.8. The van der Waals surface area contributed by atoms with E-state index >= 15 is 0 Å². The highest BCUT2D eigenvalue weighted by Crippen LogP contribution is 2.19. The van der Waals surface area contributed by atoms with Crippen LogP contribution in [0.5, 0.6) is 0 Å². The molecule has 1 heteroatoms. The van der Waals surface area contributed by atoms with Crippen LogP contribution in [-0.4, -0.2) is 0 Å². The zero-order valence-electron chi connectivity index (χ0n) is 36.6. The third-order valence-corrected chi connectivity index (χ3v) is 12.1. The van der Waals surface area contributed by atoms with E-state index in [1.54, 1.807) is 11.1 Å². The van der Waals surface area contributed by atoms with Gasteiger partial charge in [-0.15, -0.1) is 0 Å². The van der Waals surface area contributed by atoms with E-state index in [0.29, 0.717) is 0 Å². The van der Waals surface area contributed by atoms with Crippen LogP contribution in [0.3, 0.4) is 0 Å². The lowest BCUT2D eigenvalue weighted by molar-refractivity contribution is -0.697. The Morgan fingerprint density at radius 3 is 0.846 bits per heavy atom. The van der Waals surface area contributed by atoms with Gasteiger partial charge in [0.2, 0.25) is 0 Å². The van der Waals surface area contributed by atoms with E-state index in [-0.39, 0.29) is 0 Å². The lowest BCUT2D eigenvalue weighted by Gasteiger charge is -2.10. The summed E-state index contributed by atoms with van der Waals surface area (Å²) in [7, 11) is 0. The van der Waals surface area contributed by atoms with Crippen LogP contribution in [0.1, 0.15) is 289 Å². The molecule has 0 bridgehead atoms. The van der Waals surface area contributed by atoms with E-state index in [4.69, 9.17) is 0 Å². The predicted molar refractivity (Wildman–Crippen MR) is 236 cm³/mol. The zero-order chi connectivity index (χ0) is 37.3. The average Bonchev–Trinajstić information content (AvgIpc) is 3.16. The maximum atomic E-state index is 2.57. The maximum Gasteiger partial charge on any atom is 0.172 e. The molecule has 1 aromatic heterocycles. The first kappa shape index (κ1) is 49.2. The minimum atomic E-state index is 1.21. The number of hydrogen-bond donors (Lipinski definition) is 0. The molecule has 0 atom stereocenters. The second-order valence-electron chi connectivity index (χ2n) is 17.3. The lowest BCUT2D eigenvalue weighted by Crippen LogP contribution is -2.34. The first-order valence-electron chi connectivity index (χ1n) is 24.8. The van der Waals surface area contributed by atoms with Crippen LogP contribution in [0, 0.1) is 0 Å². The fraction of sp³-hybridized carbons (Fsp3) is 0.902. The van der Waals surface area contributed by atoms with Crippen LogP contribution < -0.4 is 4.57 Å². The number of nitrogens with zero attached hydrogens (tertiary/aromatic N) is 1. The van der Waals surface area contributed by atoms with E-state index < -0.39 is 0 Å². The third-order valence-electron chi connectivity index (χ3n) is 12.1. The first-order chi connectivity index (χ1) is 25.8. The quantitative estimate of drug-likeness (QED) is 0.0466. The van der Waals surface area contributed by atoms with E-state index in [2.05, 4.69) is 43.8 Å². The maximum absolute atomic E-state index is 2.57. The van der Waals surface area contributed by atoms with Crippen molar-refractivity contribution in [2.24, 2.45) is 0 Å². The van der Waals surface area contributed by atoms with Gasteiger partial charge in [-0.2, -0.15) is 0 Å². The van der Waals surface area contributed by atoms with Gasteiger partial charge < -0.3 is 0 Å². The molecule has 0 saturated heterocycles. The summed E-state index contributed by atoms with van der Waals surface area (Å²) in [5.41, 5.74) is 3.34. The molecule has 0 aromatic carbocycles. The minimum Gasteiger partial charge on any atom is -0.205 e. The molecular weight excluding hydrogens is 627 g/mol. The van der Waals surface area contributed by atoms with Gasteiger partial charge in [-0.05, 0) is 37.7 Å². The van der Waals surface area contributed by atoms with Crippen LogP contribution in [0.4, 0.5) is 0 Å². The number of unbranched alkanes of at least 4 members (excludes halogenated alkanes) is 37. The molecule has 0 spiro atoms. The molecule has 1 aromatic rings. The summed E-state index contributed by atoms with van der Waals surface area (Å²) in [5, 5.41) is 0. The van der Waals surface area contributed by atoms with Crippen molar-refractivity contribution in [1.82, 2.24) is 0 Å². The number of aryl methyl sites for hydroxylation is 3. The normalized spacial score (nSPS) is 11.6. The van der Waals surface area contributed by atoms with E-state index in [0.717, 1.165) is 0 Å². The third kappa shape index (κ3) is 33.7. The second kappa shape index (κ2) is 41.3. The molecule has 306 valence electrons. The molecule has 0 fully saturated rings. The van der Waals surface area contributed by atoms with Crippen molar-refractivity contribution < 1.29 is 4.57 Å². The topological polar surface area (TPSA) is 3.88 Å². The molecule has 0 saturated carbocycles. The van der Waals surface area contributed by atoms with Crippen molar-refractivity contribution in [3.63, 3.8) is 0 Å². The standard InChI is InChI=1S/C51H98N/c1-4-7-10-13-16-19-22-25-28-31-34-37-40-43-47-52-48-46-50(44-41-38-35-32-29-26-23-20-17-14-11-8-5-2)51(49-52)45-42-39-36-33-30-27-24-21-18-15-12-9-6-3/h46,48-49H,4-45,47H2,1-3H3/q+1. The zero-order valence-corrected chi connectivity index (χ0v) is 36.6. The summed E-state index contributed by atoms with van der Waals surface area (Å²) in [4.78, 5) is 0. The Balaban J connectivity index is 2.29. The van der Waals surface area contributed by atoms with Gasteiger partial charge in [0.15, 0.2) is 12.4 Å². The SMILES string of the molecule is CCCCCCCCCCCCCCCC[n+]1ccc(CCCCCCCCCCCCCCC)c(CCCCCCCCCCCCCCC)c1. The Kier molecular flexibility index (Phi) is 39.1. The summed E-state index contributed by atoms with van der Waals surface area (Å²) < 4.78 is 2.55. The van der Waals surface area contributed by atoms with Crippen molar-refractivity contribution in [3.8, 4) is 0 Å². The number of pyridine rings is 1. The van der Waals surface area contributed by atoms with Crippen molar-refractivity contribution in [2.75, 3.05) is 0 Å². The van der Waals surface area contributed by atoms with E-state index in [1.165, 1.54) is 276 Å². The van der Waals surface area contributed by atoms with Gasteiger partial charge >= 0.3 is 0 Å². The van der Waals surface area contributed by atoms with Crippen molar-refractivity contribution in [3.05, 3.63) is 29.6 Å². The fourth-order valence-corrected chi connectivity index (χ4v) is 8.38. The molecule has 0 unspecified atom stereocenters. The molecule has 1 heterocycles. The molecule has 52 heavy (non-hydrogen) atoms. The van der Waals surface area contributed by atoms with Gasteiger partial charge in [0, 0.05) is 18.1 Å². The molecule has 0 aliphatic carbocycles. The molecule has 0 radical (unpaired) electrons. The molecule has 0 N–H and O–H groups in total. The highest BCUT2D eigenvalue weighted by Gasteiger charge is 2.10. The van der Waals surface area contributed by atoms with Gasteiger partial charge in [-0.1, -0.05) is 252 Å². The van der Waals surface area contributed by atoms with E-state index in [1.807, 2.05) is 0 Å². The lowest BCUT2D eigenvalue weighted by atomic mass is 9.97. The second-order valence-corrected chi connectivity index (χ2v) is 17.3. The Morgan fingerprint density at radius 1 is 0.288 bits per heavy atom. The van der Waals surface area contributed by atoms with Gasteiger partial charge in [0.25, 0.3) is 0 Å². The molecule has 1 rings (SSSR count). The molecule has 0 aliphatic rings. The van der Waals surface area contributed by atoms with Gasteiger partial charge in [-0.25, -0.2) is 4.57 Å². The Morgan fingerprint density at radius 2 is 0.538 bits per heavy atom.